The van der Waals surface area contributed by atoms with Crippen molar-refractivity contribution in [1.29, 1.82) is 0 Å². The number of fused-ring (bicyclic) bond motifs is 7. The molecule has 0 saturated heterocycles. The van der Waals surface area contributed by atoms with E-state index in [4.69, 9.17) is 18.3 Å². The average molecular weight is 865 g/mol. The summed E-state index contributed by atoms with van der Waals surface area (Å²) in [5.74, 6) is 3.18. The Kier molecular flexibility index (Phi) is 8.84. The second kappa shape index (κ2) is 14.4. The lowest BCUT2D eigenvalue weighted by molar-refractivity contribution is 0.172. The SMILES string of the molecule is Cc1cc2c3c(c1)N(c1c(C)cc(C(C)(C)C)cc1C)c1cc4c(cc1B3c1cc(C(C)(C)C)ccc1N2c1cc(-c2cc3ccccc3o2)cc(-c2cc3ccccc3o2)c1)OCCO4. The van der Waals surface area contributed by atoms with Crippen molar-refractivity contribution >= 4 is 79.2 Å². The number of para-hydroxylation sites is 2. The fourth-order valence-electron chi connectivity index (χ4n) is 10.7. The zero-order valence-electron chi connectivity index (χ0n) is 39.2. The van der Waals surface area contributed by atoms with Crippen molar-refractivity contribution in [3.05, 3.63) is 161 Å². The molecule has 0 bridgehead atoms. The zero-order valence-corrected chi connectivity index (χ0v) is 39.2. The minimum atomic E-state index is -0.103. The summed E-state index contributed by atoms with van der Waals surface area (Å²) >= 11 is 0. The van der Waals surface area contributed by atoms with Gasteiger partial charge in [-0.2, -0.15) is 0 Å². The highest BCUT2D eigenvalue weighted by Gasteiger charge is 2.45. The van der Waals surface area contributed by atoms with Crippen LogP contribution in [0.5, 0.6) is 11.5 Å². The fraction of sp³-hybridized carbons (Fsp3) is 0.220. The standard InChI is InChI=1S/C59H53BN2O4/c1-34-22-48-56-49(23-34)62(57-35(2)24-42(25-36(57)3)59(7,8)9)47-33-55-54(63-20-21-64-55)32-45(47)60(56)44-31-41(58(4,5)6)18-19-46(44)61(48)43-27-39(52-29-37-14-10-12-16-50(37)65-52)26-40(28-43)53-30-38-15-11-13-17-51(38)66-53/h10-19,22-33H,20-21H2,1-9H3. The van der Waals surface area contributed by atoms with Crippen molar-refractivity contribution in [1.82, 2.24) is 0 Å². The Hall–Kier alpha value is -7.12. The summed E-state index contributed by atoms with van der Waals surface area (Å²) in [6, 6.07) is 48.7. The number of nitrogens with zero attached hydrogens (tertiary/aromatic N) is 2. The number of aryl methyl sites for hydroxylation is 3. The molecule has 0 N–H and O–H groups in total. The monoisotopic (exact) mass is 864 g/mol. The van der Waals surface area contributed by atoms with E-state index in [1.807, 2.05) is 24.3 Å². The van der Waals surface area contributed by atoms with E-state index < -0.39 is 0 Å². The number of hydrogen-bond donors (Lipinski definition) is 0. The molecule has 0 saturated carbocycles. The molecule has 3 aliphatic heterocycles. The number of ether oxygens (including phenoxy) is 2. The molecule has 0 radical (unpaired) electrons. The number of rotatable bonds is 4. The van der Waals surface area contributed by atoms with E-state index in [9.17, 15) is 0 Å². The predicted octanol–water partition coefficient (Wildman–Crippen LogP) is 13.9. The topological polar surface area (TPSA) is 51.2 Å². The van der Waals surface area contributed by atoms with Crippen molar-refractivity contribution < 1.29 is 18.3 Å². The van der Waals surface area contributed by atoms with Crippen LogP contribution in [-0.2, 0) is 10.8 Å². The first kappa shape index (κ1) is 40.4. The smallest absolute Gasteiger partial charge is 0.252 e. The molecule has 9 aromatic rings. The molecule has 326 valence electrons. The van der Waals surface area contributed by atoms with Gasteiger partial charge in [-0.3, -0.25) is 0 Å². The minimum Gasteiger partial charge on any atom is -0.486 e. The normalized spacial score (nSPS) is 14.2. The van der Waals surface area contributed by atoms with Crippen molar-refractivity contribution in [2.24, 2.45) is 0 Å². The summed E-state index contributed by atoms with van der Waals surface area (Å²) in [6.07, 6.45) is 0. The van der Waals surface area contributed by atoms with Gasteiger partial charge in [0.25, 0.3) is 6.71 Å². The molecule has 2 aromatic heterocycles. The van der Waals surface area contributed by atoms with Gasteiger partial charge < -0.3 is 28.1 Å². The lowest BCUT2D eigenvalue weighted by atomic mass is 9.33. The molecule has 6 nitrogen and oxygen atoms in total. The molecular weight excluding hydrogens is 811 g/mol. The number of furan rings is 2. The maximum atomic E-state index is 6.64. The molecule has 7 aromatic carbocycles. The Labute approximate surface area is 387 Å². The van der Waals surface area contributed by atoms with Crippen LogP contribution in [0.2, 0.25) is 0 Å². The molecule has 0 atom stereocenters. The molecule has 0 aliphatic carbocycles. The average Bonchev–Trinajstić information content (AvgIpc) is 3.93. The first-order chi connectivity index (χ1) is 31.7. The van der Waals surface area contributed by atoms with E-state index in [0.717, 1.165) is 84.5 Å². The Balaban J connectivity index is 1.17. The van der Waals surface area contributed by atoms with Gasteiger partial charge in [-0.05, 0) is 143 Å². The minimum absolute atomic E-state index is 0.00118. The summed E-state index contributed by atoms with van der Waals surface area (Å²) in [5.41, 5.74) is 20.2. The second-order valence-electron chi connectivity index (χ2n) is 20.7. The van der Waals surface area contributed by atoms with Gasteiger partial charge in [0.2, 0.25) is 0 Å². The van der Waals surface area contributed by atoms with Gasteiger partial charge in [-0.15, -0.1) is 0 Å². The summed E-state index contributed by atoms with van der Waals surface area (Å²) in [6.45, 7) is 21.5. The van der Waals surface area contributed by atoms with Crippen LogP contribution in [0.15, 0.2) is 142 Å². The fourth-order valence-corrected chi connectivity index (χ4v) is 10.7. The van der Waals surface area contributed by atoms with E-state index in [0.29, 0.717) is 13.2 Å². The van der Waals surface area contributed by atoms with E-state index in [1.54, 1.807) is 0 Å². The third-order valence-electron chi connectivity index (χ3n) is 13.9. The second-order valence-corrected chi connectivity index (χ2v) is 20.7. The van der Waals surface area contributed by atoms with Crippen LogP contribution < -0.4 is 35.7 Å². The van der Waals surface area contributed by atoms with Crippen molar-refractivity contribution in [2.75, 3.05) is 23.0 Å². The number of benzene rings is 7. The van der Waals surface area contributed by atoms with Crippen molar-refractivity contribution in [2.45, 2.75) is 73.1 Å². The highest BCUT2D eigenvalue weighted by Crippen LogP contribution is 2.50. The molecule has 7 heteroatoms. The number of anilines is 6. The van der Waals surface area contributed by atoms with Crippen LogP contribution in [0.4, 0.5) is 34.1 Å². The maximum absolute atomic E-state index is 6.64. The molecule has 0 amide bonds. The highest BCUT2D eigenvalue weighted by molar-refractivity contribution is 7.00. The molecule has 3 aliphatic rings. The van der Waals surface area contributed by atoms with Crippen LogP contribution in [0.25, 0.3) is 44.6 Å². The highest BCUT2D eigenvalue weighted by atomic mass is 16.6. The van der Waals surface area contributed by atoms with E-state index in [2.05, 4.69) is 181 Å². The Bertz CT molecular complexity index is 3290. The molecule has 0 spiro atoms. The zero-order chi connectivity index (χ0) is 45.4. The molecule has 5 heterocycles. The first-order valence-electron chi connectivity index (χ1n) is 23.3. The quantitative estimate of drug-likeness (QED) is 0.164. The van der Waals surface area contributed by atoms with Gasteiger partial charge in [-0.25, -0.2) is 0 Å². The van der Waals surface area contributed by atoms with Gasteiger partial charge >= 0.3 is 0 Å². The molecule has 0 fully saturated rings. The molecule has 66 heavy (non-hydrogen) atoms. The van der Waals surface area contributed by atoms with Crippen molar-refractivity contribution in [3.63, 3.8) is 0 Å². The predicted molar refractivity (Wildman–Crippen MR) is 273 cm³/mol. The summed E-state index contributed by atoms with van der Waals surface area (Å²) in [4.78, 5) is 5.01. The molecular formula is C59H53BN2O4. The number of hydrogen-bond acceptors (Lipinski definition) is 6. The van der Waals surface area contributed by atoms with E-state index >= 15 is 0 Å². The van der Waals surface area contributed by atoms with Crippen LogP contribution in [0.3, 0.4) is 0 Å². The van der Waals surface area contributed by atoms with Crippen LogP contribution in [0.1, 0.15) is 69.4 Å². The van der Waals surface area contributed by atoms with E-state index in [1.165, 1.54) is 49.9 Å². The van der Waals surface area contributed by atoms with Gasteiger partial charge in [0.15, 0.2) is 11.5 Å². The van der Waals surface area contributed by atoms with Gasteiger partial charge in [0, 0.05) is 56.4 Å². The van der Waals surface area contributed by atoms with Crippen molar-refractivity contribution in [3.8, 4) is 34.1 Å². The lowest BCUT2D eigenvalue weighted by Crippen LogP contribution is -2.61. The molecule has 0 unspecified atom stereocenters. The van der Waals surface area contributed by atoms with Gasteiger partial charge in [0.05, 0.1) is 5.69 Å². The van der Waals surface area contributed by atoms with Gasteiger partial charge in [-0.1, -0.05) is 102 Å². The van der Waals surface area contributed by atoms with E-state index in [-0.39, 0.29) is 17.5 Å². The lowest BCUT2D eigenvalue weighted by Gasteiger charge is -2.45. The third kappa shape index (κ3) is 6.38. The maximum Gasteiger partial charge on any atom is 0.252 e. The Morgan fingerprint density at radius 2 is 1.03 bits per heavy atom. The van der Waals surface area contributed by atoms with Gasteiger partial charge in [0.1, 0.15) is 35.9 Å². The Morgan fingerprint density at radius 1 is 0.485 bits per heavy atom. The van der Waals surface area contributed by atoms with Crippen LogP contribution in [-0.4, -0.2) is 19.9 Å². The molecule has 12 rings (SSSR count). The van der Waals surface area contributed by atoms with Crippen LogP contribution >= 0.6 is 0 Å². The third-order valence-corrected chi connectivity index (χ3v) is 13.9. The first-order valence-corrected chi connectivity index (χ1v) is 23.3. The Morgan fingerprint density at radius 3 is 1.61 bits per heavy atom. The summed E-state index contributed by atoms with van der Waals surface area (Å²) in [5, 5.41) is 2.13. The van der Waals surface area contributed by atoms with Crippen LogP contribution in [0, 0.1) is 20.8 Å². The summed E-state index contributed by atoms with van der Waals surface area (Å²) < 4.78 is 26.1. The largest absolute Gasteiger partial charge is 0.486 e. The summed E-state index contributed by atoms with van der Waals surface area (Å²) in [7, 11) is 0.